The van der Waals surface area contributed by atoms with E-state index in [0.29, 0.717) is 11.7 Å². The number of nitriles is 1. The fourth-order valence-corrected chi connectivity index (χ4v) is 2.75. The van der Waals surface area contributed by atoms with Crippen molar-refractivity contribution in [3.63, 3.8) is 0 Å². The summed E-state index contributed by atoms with van der Waals surface area (Å²) in [5.41, 5.74) is 0.360. The van der Waals surface area contributed by atoms with Gasteiger partial charge in [0.15, 0.2) is 5.69 Å². The van der Waals surface area contributed by atoms with Gasteiger partial charge in [-0.1, -0.05) is 0 Å². The molecule has 1 aromatic rings. The van der Waals surface area contributed by atoms with Crippen molar-refractivity contribution < 1.29 is 0 Å². The van der Waals surface area contributed by atoms with Gasteiger partial charge in [-0.15, -0.1) is 0 Å². The third kappa shape index (κ3) is 2.64. The maximum atomic E-state index is 8.60. The largest absolute Gasteiger partial charge is 0.366 e. The summed E-state index contributed by atoms with van der Waals surface area (Å²) in [4.78, 5) is 8.15. The van der Waals surface area contributed by atoms with Crippen LogP contribution in [0.3, 0.4) is 0 Å². The lowest BCUT2D eigenvalue weighted by Gasteiger charge is -2.12. The van der Waals surface area contributed by atoms with Gasteiger partial charge in [-0.3, -0.25) is 0 Å². The molecule has 1 fully saturated rings. The Morgan fingerprint density at radius 1 is 1.44 bits per heavy atom. The molecule has 2 rings (SSSR count). The molecule has 4 nitrogen and oxygen atoms in total. The van der Waals surface area contributed by atoms with Crippen LogP contribution in [0.15, 0.2) is 12.4 Å². The number of hydrogen-bond donors (Lipinski definition) is 1. The molecule has 0 spiro atoms. The van der Waals surface area contributed by atoms with Crippen LogP contribution < -0.4 is 5.32 Å². The Morgan fingerprint density at radius 2 is 2.31 bits per heavy atom. The summed E-state index contributed by atoms with van der Waals surface area (Å²) in [6, 6.07) is 2.46. The third-order valence-corrected chi connectivity index (χ3v) is 3.93. The van der Waals surface area contributed by atoms with Crippen LogP contribution >= 0.6 is 11.8 Å². The van der Waals surface area contributed by atoms with Crippen molar-refractivity contribution in [3.05, 3.63) is 18.1 Å². The van der Waals surface area contributed by atoms with Crippen LogP contribution in [0.5, 0.6) is 0 Å². The summed E-state index contributed by atoms with van der Waals surface area (Å²) < 4.78 is 0. The molecule has 1 N–H and O–H groups in total. The standard InChI is InChI=1S/C11H14N4S/c1-16-10-3-2-8(4-10)15-11-7-13-9(5-12)6-14-11/h6-8,10H,2-4H2,1H3,(H,14,15). The first-order valence-electron chi connectivity index (χ1n) is 5.33. The summed E-state index contributed by atoms with van der Waals surface area (Å²) in [5, 5.41) is 12.7. The minimum Gasteiger partial charge on any atom is -0.366 e. The summed E-state index contributed by atoms with van der Waals surface area (Å²) in [7, 11) is 0. The van der Waals surface area contributed by atoms with E-state index in [1.807, 2.05) is 17.8 Å². The van der Waals surface area contributed by atoms with Gasteiger partial charge in [-0.05, 0) is 25.5 Å². The van der Waals surface area contributed by atoms with E-state index in [4.69, 9.17) is 5.26 Å². The van der Waals surface area contributed by atoms with Gasteiger partial charge in [0.05, 0.1) is 12.4 Å². The molecule has 0 bridgehead atoms. The van der Waals surface area contributed by atoms with Crippen molar-refractivity contribution in [2.24, 2.45) is 0 Å². The van der Waals surface area contributed by atoms with E-state index in [0.717, 1.165) is 11.1 Å². The SMILES string of the molecule is CSC1CCC(Nc2cnc(C#N)cn2)C1. The van der Waals surface area contributed by atoms with Crippen molar-refractivity contribution in [2.75, 3.05) is 11.6 Å². The molecule has 2 atom stereocenters. The number of thioether (sulfide) groups is 1. The molecule has 1 aliphatic rings. The van der Waals surface area contributed by atoms with Crippen LogP contribution in [0.1, 0.15) is 25.0 Å². The normalized spacial score (nSPS) is 24.0. The zero-order valence-corrected chi connectivity index (χ0v) is 10.00. The molecule has 0 aromatic carbocycles. The van der Waals surface area contributed by atoms with Gasteiger partial charge in [-0.25, -0.2) is 9.97 Å². The predicted octanol–water partition coefficient (Wildman–Crippen LogP) is 2.04. The number of aromatic nitrogens is 2. The third-order valence-electron chi connectivity index (χ3n) is 2.84. The van der Waals surface area contributed by atoms with E-state index in [1.54, 1.807) is 6.20 Å². The highest BCUT2D eigenvalue weighted by atomic mass is 32.2. The summed E-state index contributed by atoms with van der Waals surface area (Å²) in [6.45, 7) is 0. The highest BCUT2D eigenvalue weighted by molar-refractivity contribution is 7.99. The van der Waals surface area contributed by atoms with E-state index >= 15 is 0 Å². The lowest BCUT2D eigenvalue weighted by Crippen LogP contribution is -2.17. The number of hydrogen-bond acceptors (Lipinski definition) is 5. The first-order valence-corrected chi connectivity index (χ1v) is 6.62. The second-order valence-corrected chi connectivity index (χ2v) is 5.05. The van der Waals surface area contributed by atoms with Gasteiger partial charge in [0, 0.05) is 11.3 Å². The van der Waals surface area contributed by atoms with Crippen molar-refractivity contribution in [1.29, 1.82) is 5.26 Å². The molecule has 0 aliphatic heterocycles. The first kappa shape index (κ1) is 11.2. The Kier molecular flexibility index (Phi) is 3.62. The highest BCUT2D eigenvalue weighted by Crippen LogP contribution is 2.29. The summed E-state index contributed by atoms with van der Waals surface area (Å²) >= 11 is 1.93. The number of nitrogens with one attached hydrogen (secondary N) is 1. The van der Waals surface area contributed by atoms with Gasteiger partial charge in [0.25, 0.3) is 0 Å². The van der Waals surface area contributed by atoms with E-state index in [9.17, 15) is 0 Å². The van der Waals surface area contributed by atoms with Gasteiger partial charge in [0.2, 0.25) is 0 Å². The quantitative estimate of drug-likeness (QED) is 0.867. The van der Waals surface area contributed by atoms with E-state index in [2.05, 4.69) is 21.5 Å². The molecular formula is C11H14N4S. The Morgan fingerprint density at radius 3 is 2.88 bits per heavy atom. The van der Waals surface area contributed by atoms with E-state index < -0.39 is 0 Å². The Hall–Kier alpha value is -1.28. The fourth-order valence-electron chi connectivity index (χ4n) is 1.95. The first-order chi connectivity index (χ1) is 7.81. The maximum Gasteiger partial charge on any atom is 0.158 e. The van der Waals surface area contributed by atoms with Crippen LogP contribution in [0.2, 0.25) is 0 Å². The lowest BCUT2D eigenvalue weighted by atomic mass is 10.2. The van der Waals surface area contributed by atoms with Crippen molar-refractivity contribution in [1.82, 2.24) is 9.97 Å². The smallest absolute Gasteiger partial charge is 0.158 e. The van der Waals surface area contributed by atoms with Crippen LogP contribution in [0, 0.1) is 11.3 Å². The Balaban J connectivity index is 1.92. The molecular weight excluding hydrogens is 220 g/mol. The maximum absolute atomic E-state index is 8.60. The van der Waals surface area contributed by atoms with Crippen molar-refractivity contribution in [3.8, 4) is 6.07 Å². The van der Waals surface area contributed by atoms with Gasteiger partial charge < -0.3 is 5.32 Å². The molecule has 1 heterocycles. The molecule has 84 valence electrons. The van der Waals surface area contributed by atoms with Crippen molar-refractivity contribution >= 4 is 17.6 Å². The van der Waals surface area contributed by atoms with Crippen LogP contribution in [0.4, 0.5) is 5.82 Å². The van der Waals surface area contributed by atoms with Crippen LogP contribution in [-0.2, 0) is 0 Å². The molecule has 1 aliphatic carbocycles. The topological polar surface area (TPSA) is 61.6 Å². The summed E-state index contributed by atoms with van der Waals surface area (Å²) in [6.07, 6.45) is 8.93. The number of anilines is 1. The molecule has 5 heteroatoms. The molecule has 16 heavy (non-hydrogen) atoms. The predicted molar refractivity (Wildman–Crippen MR) is 65.3 cm³/mol. The highest BCUT2D eigenvalue weighted by Gasteiger charge is 2.23. The van der Waals surface area contributed by atoms with Gasteiger partial charge in [0.1, 0.15) is 11.9 Å². The van der Waals surface area contributed by atoms with E-state index in [1.165, 1.54) is 25.5 Å². The van der Waals surface area contributed by atoms with Crippen LogP contribution in [0.25, 0.3) is 0 Å². The molecule has 1 saturated carbocycles. The molecule has 1 aromatic heterocycles. The molecule has 0 saturated heterocycles. The molecule has 0 radical (unpaired) electrons. The van der Waals surface area contributed by atoms with Crippen molar-refractivity contribution in [2.45, 2.75) is 30.6 Å². The average molecular weight is 234 g/mol. The second-order valence-electron chi connectivity index (χ2n) is 3.91. The average Bonchev–Trinajstić information content (AvgIpc) is 2.78. The Labute approximate surface area is 99.5 Å². The number of rotatable bonds is 3. The molecule has 2 unspecified atom stereocenters. The second kappa shape index (κ2) is 5.17. The minimum atomic E-state index is 0.360. The fraction of sp³-hybridized carbons (Fsp3) is 0.545. The molecule has 0 amide bonds. The zero-order chi connectivity index (χ0) is 11.4. The lowest BCUT2D eigenvalue weighted by molar-refractivity contribution is 0.751. The Bertz CT molecular complexity index is 384. The zero-order valence-electron chi connectivity index (χ0n) is 9.18. The monoisotopic (exact) mass is 234 g/mol. The van der Waals surface area contributed by atoms with Gasteiger partial charge in [-0.2, -0.15) is 17.0 Å². The number of nitrogens with zero attached hydrogens (tertiary/aromatic N) is 3. The van der Waals surface area contributed by atoms with E-state index in [-0.39, 0.29) is 0 Å². The van der Waals surface area contributed by atoms with Gasteiger partial charge >= 0.3 is 0 Å². The summed E-state index contributed by atoms with van der Waals surface area (Å²) in [5.74, 6) is 0.769. The minimum absolute atomic E-state index is 0.360. The van der Waals surface area contributed by atoms with Crippen LogP contribution in [-0.4, -0.2) is 27.5 Å².